The van der Waals surface area contributed by atoms with Crippen LogP contribution in [0.5, 0.6) is 0 Å². The molecule has 5 heteroatoms. The normalized spacial score (nSPS) is 10.7. The van der Waals surface area contributed by atoms with Crippen molar-refractivity contribution in [2.45, 2.75) is 19.8 Å². The largest absolute Gasteiger partial charge is 0.292 e. The molecule has 0 aliphatic rings. The van der Waals surface area contributed by atoms with Crippen LogP contribution in [-0.2, 0) is 19.9 Å². The number of rotatable bonds is 4. The monoisotopic (exact) mass is 280 g/mol. The molecule has 0 fully saturated rings. The van der Waals surface area contributed by atoms with Gasteiger partial charge in [-0.3, -0.25) is 9.48 Å². The van der Waals surface area contributed by atoms with E-state index in [9.17, 15) is 9.18 Å². The number of nitrogens with zero attached hydrogens (tertiary/aromatic N) is 2. The van der Waals surface area contributed by atoms with E-state index >= 15 is 0 Å². The summed E-state index contributed by atoms with van der Waals surface area (Å²) in [5.74, 6) is -0.591. The lowest BCUT2D eigenvalue weighted by Gasteiger charge is -2.04. The number of benzene rings is 1. The van der Waals surface area contributed by atoms with Crippen molar-refractivity contribution in [1.82, 2.24) is 9.78 Å². The van der Waals surface area contributed by atoms with Crippen molar-refractivity contribution in [3.05, 3.63) is 52.1 Å². The SMILES string of the molecule is CCc1cc(C(=O)Cc2cc(Cl)ccc2F)n(C)n1. The number of aromatic nitrogens is 2. The molecular weight excluding hydrogens is 267 g/mol. The number of carbonyl (C=O) groups excluding carboxylic acids is 1. The first-order valence-electron chi connectivity index (χ1n) is 6.01. The number of aryl methyl sites for hydroxylation is 2. The molecule has 0 spiro atoms. The molecule has 0 saturated carbocycles. The summed E-state index contributed by atoms with van der Waals surface area (Å²) in [6.45, 7) is 1.97. The molecule has 100 valence electrons. The molecule has 0 radical (unpaired) electrons. The van der Waals surface area contributed by atoms with Crippen LogP contribution in [0.4, 0.5) is 4.39 Å². The third-order valence-corrected chi connectivity index (χ3v) is 3.17. The van der Waals surface area contributed by atoms with Crippen LogP contribution in [0.2, 0.25) is 5.02 Å². The average Bonchev–Trinajstić information content (AvgIpc) is 2.75. The van der Waals surface area contributed by atoms with Gasteiger partial charge in [-0.1, -0.05) is 18.5 Å². The third-order valence-electron chi connectivity index (χ3n) is 2.94. The Morgan fingerprint density at radius 3 is 2.79 bits per heavy atom. The maximum absolute atomic E-state index is 13.6. The van der Waals surface area contributed by atoms with Crippen LogP contribution in [0.1, 0.15) is 28.7 Å². The van der Waals surface area contributed by atoms with Crippen LogP contribution >= 0.6 is 11.6 Å². The molecule has 2 rings (SSSR count). The summed E-state index contributed by atoms with van der Waals surface area (Å²) >= 11 is 5.81. The van der Waals surface area contributed by atoms with Gasteiger partial charge >= 0.3 is 0 Å². The van der Waals surface area contributed by atoms with Gasteiger partial charge in [0.15, 0.2) is 5.78 Å². The maximum Gasteiger partial charge on any atom is 0.185 e. The highest BCUT2D eigenvalue weighted by Gasteiger charge is 2.15. The number of hydrogen-bond acceptors (Lipinski definition) is 2. The summed E-state index contributed by atoms with van der Waals surface area (Å²) < 4.78 is 15.1. The lowest BCUT2D eigenvalue weighted by molar-refractivity contribution is 0.0983. The Morgan fingerprint density at radius 1 is 1.42 bits per heavy atom. The van der Waals surface area contributed by atoms with Gasteiger partial charge in [0.1, 0.15) is 11.5 Å². The van der Waals surface area contributed by atoms with Gasteiger partial charge in [0.2, 0.25) is 0 Å². The van der Waals surface area contributed by atoms with Crippen molar-refractivity contribution < 1.29 is 9.18 Å². The van der Waals surface area contributed by atoms with E-state index in [-0.39, 0.29) is 12.2 Å². The Balaban J connectivity index is 2.25. The summed E-state index contributed by atoms with van der Waals surface area (Å²) in [6, 6.07) is 5.95. The smallest absolute Gasteiger partial charge is 0.185 e. The second-order valence-corrected chi connectivity index (χ2v) is 4.77. The van der Waals surface area contributed by atoms with Gasteiger partial charge in [0, 0.05) is 18.5 Å². The van der Waals surface area contributed by atoms with E-state index in [0.29, 0.717) is 16.3 Å². The quantitative estimate of drug-likeness (QED) is 0.806. The first-order chi connectivity index (χ1) is 9.01. The molecule has 3 nitrogen and oxygen atoms in total. The van der Waals surface area contributed by atoms with Gasteiger partial charge < -0.3 is 0 Å². The van der Waals surface area contributed by atoms with Gasteiger partial charge in [-0.25, -0.2) is 4.39 Å². The molecule has 0 amide bonds. The van der Waals surface area contributed by atoms with Crippen LogP contribution in [0.15, 0.2) is 24.3 Å². The van der Waals surface area contributed by atoms with Crippen molar-refractivity contribution in [3.8, 4) is 0 Å². The first kappa shape index (κ1) is 13.7. The van der Waals surface area contributed by atoms with E-state index in [1.807, 2.05) is 6.92 Å². The molecule has 1 heterocycles. The molecule has 0 saturated heterocycles. The third kappa shape index (κ3) is 3.01. The van der Waals surface area contributed by atoms with Gasteiger partial charge in [-0.05, 0) is 36.2 Å². The Hall–Kier alpha value is -1.68. The summed E-state index contributed by atoms with van der Waals surface area (Å²) in [6.07, 6.45) is 0.738. The lowest BCUT2D eigenvalue weighted by Crippen LogP contribution is -2.10. The summed E-state index contributed by atoms with van der Waals surface area (Å²) in [7, 11) is 1.71. The van der Waals surface area contributed by atoms with Crippen LogP contribution in [-0.4, -0.2) is 15.6 Å². The van der Waals surface area contributed by atoms with Crippen LogP contribution in [0.25, 0.3) is 0 Å². The topological polar surface area (TPSA) is 34.9 Å². The standard InChI is InChI=1S/C14H14ClFN2O/c1-3-11-8-13(18(2)17-11)14(19)7-9-6-10(15)4-5-12(9)16/h4-6,8H,3,7H2,1-2H3. The van der Waals surface area contributed by atoms with Crippen LogP contribution in [0.3, 0.4) is 0 Å². The molecule has 0 atom stereocenters. The Kier molecular flexibility index (Phi) is 4.00. The number of ketones is 1. The predicted molar refractivity (Wildman–Crippen MR) is 72.0 cm³/mol. The van der Waals surface area contributed by atoms with E-state index in [0.717, 1.165) is 12.1 Å². The minimum atomic E-state index is -0.421. The summed E-state index contributed by atoms with van der Waals surface area (Å²) in [5.41, 5.74) is 1.63. The average molecular weight is 281 g/mol. The molecule has 0 N–H and O–H groups in total. The predicted octanol–water partition coefficient (Wildman–Crippen LogP) is 3.20. The molecule has 19 heavy (non-hydrogen) atoms. The summed E-state index contributed by atoms with van der Waals surface area (Å²) in [4.78, 5) is 12.2. The second kappa shape index (κ2) is 5.53. The zero-order valence-electron chi connectivity index (χ0n) is 10.8. The Morgan fingerprint density at radius 2 is 2.16 bits per heavy atom. The minimum absolute atomic E-state index is 0.0188. The molecule has 0 aliphatic heterocycles. The minimum Gasteiger partial charge on any atom is -0.292 e. The first-order valence-corrected chi connectivity index (χ1v) is 6.39. The van der Waals surface area contributed by atoms with E-state index in [1.165, 1.54) is 22.9 Å². The molecule has 0 unspecified atom stereocenters. The van der Waals surface area contributed by atoms with Crippen LogP contribution < -0.4 is 0 Å². The van der Waals surface area contributed by atoms with Gasteiger partial charge in [0.25, 0.3) is 0 Å². The highest BCUT2D eigenvalue weighted by atomic mass is 35.5. The van der Waals surface area contributed by atoms with Crippen molar-refractivity contribution in [2.24, 2.45) is 7.05 Å². The summed E-state index contributed by atoms with van der Waals surface area (Å²) in [5, 5.41) is 4.63. The van der Waals surface area contributed by atoms with Gasteiger partial charge in [0.05, 0.1) is 5.69 Å². The van der Waals surface area contributed by atoms with Crippen molar-refractivity contribution >= 4 is 17.4 Å². The zero-order valence-corrected chi connectivity index (χ0v) is 11.5. The fourth-order valence-corrected chi connectivity index (χ4v) is 2.10. The van der Waals surface area contributed by atoms with Crippen molar-refractivity contribution in [1.29, 1.82) is 0 Å². The fourth-order valence-electron chi connectivity index (χ4n) is 1.90. The lowest BCUT2D eigenvalue weighted by atomic mass is 10.1. The molecule has 0 aliphatic carbocycles. The highest BCUT2D eigenvalue weighted by molar-refractivity contribution is 6.30. The van der Waals surface area contributed by atoms with E-state index in [1.54, 1.807) is 13.1 Å². The van der Waals surface area contributed by atoms with Crippen molar-refractivity contribution in [3.63, 3.8) is 0 Å². The maximum atomic E-state index is 13.6. The number of hydrogen-bond donors (Lipinski definition) is 0. The molecule has 2 aromatic rings. The van der Waals surface area contributed by atoms with Crippen LogP contribution in [0, 0.1) is 5.82 Å². The Bertz CT molecular complexity index is 622. The Labute approximate surface area is 116 Å². The fraction of sp³-hybridized carbons (Fsp3) is 0.286. The molecule has 1 aromatic carbocycles. The number of Topliss-reactive ketones (excluding diaryl/α,β-unsaturated/α-hetero) is 1. The van der Waals surface area contributed by atoms with E-state index < -0.39 is 5.82 Å². The van der Waals surface area contributed by atoms with E-state index in [4.69, 9.17) is 11.6 Å². The number of carbonyl (C=O) groups is 1. The van der Waals surface area contributed by atoms with Crippen molar-refractivity contribution in [2.75, 3.05) is 0 Å². The van der Waals surface area contributed by atoms with Gasteiger partial charge in [-0.15, -0.1) is 0 Å². The second-order valence-electron chi connectivity index (χ2n) is 4.33. The highest BCUT2D eigenvalue weighted by Crippen LogP contribution is 2.17. The molecule has 0 bridgehead atoms. The molecule has 1 aromatic heterocycles. The van der Waals surface area contributed by atoms with Gasteiger partial charge in [-0.2, -0.15) is 5.10 Å². The molecular formula is C14H14ClFN2O. The zero-order chi connectivity index (χ0) is 14.0. The van der Waals surface area contributed by atoms with E-state index in [2.05, 4.69) is 5.10 Å². The number of halogens is 2.